The van der Waals surface area contributed by atoms with Crippen LogP contribution >= 0.6 is 15.9 Å². The minimum absolute atomic E-state index is 0.0901. The van der Waals surface area contributed by atoms with Gasteiger partial charge in [-0.15, -0.1) is 0 Å². The number of hydrogen-bond donors (Lipinski definition) is 0. The van der Waals surface area contributed by atoms with E-state index in [4.69, 9.17) is 0 Å². The first kappa shape index (κ1) is 11.4. The lowest BCUT2D eigenvalue weighted by Gasteiger charge is -2.08. The number of benzene rings is 1. The summed E-state index contributed by atoms with van der Waals surface area (Å²) in [4.78, 5) is 11.0. The van der Waals surface area contributed by atoms with Crippen molar-refractivity contribution in [1.82, 2.24) is 0 Å². The van der Waals surface area contributed by atoms with Gasteiger partial charge in [0, 0.05) is 10.4 Å². The van der Waals surface area contributed by atoms with Crippen LogP contribution < -0.4 is 0 Å². The Hall–Kier alpha value is -0.700. The molecule has 1 aromatic carbocycles. The van der Waals surface area contributed by atoms with Gasteiger partial charge in [0.25, 0.3) is 0 Å². The van der Waals surface area contributed by atoms with Gasteiger partial charge in [0.15, 0.2) is 0 Å². The molecule has 0 aliphatic rings. The molecule has 14 heavy (non-hydrogen) atoms. The molecular weight excluding hydrogens is 247 g/mol. The van der Waals surface area contributed by atoms with Gasteiger partial charge < -0.3 is 0 Å². The minimum Gasteiger partial charge on any atom is -0.300 e. The van der Waals surface area contributed by atoms with Crippen molar-refractivity contribution in [2.75, 3.05) is 0 Å². The Labute approximate surface area is 91.5 Å². The fourth-order valence-corrected chi connectivity index (χ4v) is 1.49. The third kappa shape index (κ3) is 2.91. The third-order valence-electron chi connectivity index (χ3n) is 2.24. The van der Waals surface area contributed by atoms with Crippen LogP contribution in [0.4, 0.5) is 4.39 Å². The first-order valence-corrected chi connectivity index (χ1v) is 5.24. The summed E-state index contributed by atoms with van der Waals surface area (Å²) in [5.74, 6) is -0.287. The number of carbonyl (C=O) groups is 1. The third-order valence-corrected chi connectivity index (χ3v) is 2.73. The first-order chi connectivity index (χ1) is 6.50. The zero-order valence-electron chi connectivity index (χ0n) is 8.18. The molecule has 0 aliphatic carbocycles. The summed E-state index contributed by atoms with van der Waals surface area (Å²) in [6.45, 7) is 3.34. The van der Waals surface area contributed by atoms with Crippen molar-refractivity contribution in [3.63, 3.8) is 0 Å². The molecule has 0 N–H and O–H groups in total. The fraction of sp³-hybridized carbons (Fsp3) is 0.364. The molecule has 3 heteroatoms. The van der Waals surface area contributed by atoms with Gasteiger partial charge in [-0.05, 0) is 31.0 Å². The Bertz CT molecular complexity index is 349. The molecule has 0 amide bonds. The second kappa shape index (κ2) is 4.69. The van der Waals surface area contributed by atoms with E-state index in [0.717, 1.165) is 0 Å². The summed E-state index contributed by atoms with van der Waals surface area (Å²) in [6.07, 6.45) is 0.467. The van der Waals surface area contributed by atoms with Gasteiger partial charge in [0.2, 0.25) is 0 Å². The summed E-state index contributed by atoms with van der Waals surface area (Å²) >= 11 is 3.18. The molecule has 0 aromatic heterocycles. The Morgan fingerprint density at radius 1 is 1.57 bits per heavy atom. The van der Waals surface area contributed by atoms with Gasteiger partial charge in [-0.2, -0.15) is 0 Å². The molecule has 0 saturated carbocycles. The monoisotopic (exact) mass is 258 g/mol. The standard InChI is InChI=1S/C11H12BrFO/c1-7(8(2)14)5-9-3-4-10(12)6-11(9)13/h3-4,6-7H,5H2,1-2H3. The molecule has 0 radical (unpaired) electrons. The van der Waals surface area contributed by atoms with Gasteiger partial charge >= 0.3 is 0 Å². The van der Waals surface area contributed by atoms with Crippen molar-refractivity contribution >= 4 is 21.7 Å². The maximum atomic E-state index is 13.3. The lowest BCUT2D eigenvalue weighted by molar-refractivity contribution is -0.120. The van der Waals surface area contributed by atoms with E-state index in [-0.39, 0.29) is 17.5 Å². The van der Waals surface area contributed by atoms with Crippen LogP contribution in [0, 0.1) is 11.7 Å². The summed E-state index contributed by atoms with van der Waals surface area (Å²) in [7, 11) is 0. The summed E-state index contributed by atoms with van der Waals surface area (Å²) in [5.41, 5.74) is 0.593. The first-order valence-electron chi connectivity index (χ1n) is 4.45. The Morgan fingerprint density at radius 3 is 2.71 bits per heavy atom. The summed E-state index contributed by atoms with van der Waals surface area (Å²) < 4.78 is 14.0. The molecule has 76 valence electrons. The molecule has 0 heterocycles. The van der Waals surface area contributed by atoms with Crippen LogP contribution in [0.5, 0.6) is 0 Å². The molecule has 1 aromatic rings. The van der Waals surface area contributed by atoms with Gasteiger partial charge in [-0.25, -0.2) is 4.39 Å². The second-order valence-corrected chi connectivity index (χ2v) is 4.37. The van der Waals surface area contributed by atoms with E-state index >= 15 is 0 Å². The number of rotatable bonds is 3. The van der Waals surface area contributed by atoms with E-state index in [1.54, 1.807) is 12.1 Å². The molecule has 0 bridgehead atoms. The van der Waals surface area contributed by atoms with Gasteiger partial charge in [-0.3, -0.25) is 4.79 Å². The highest BCUT2D eigenvalue weighted by molar-refractivity contribution is 9.10. The Balaban J connectivity index is 2.82. The number of hydrogen-bond acceptors (Lipinski definition) is 1. The van der Waals surface area contributed by atoms with Crippen LogP contribution in [0.25, 0.3) is 0 Å². The fourth-order valence-electron chi connectivity index (χ4n) is 1.16. The maximum absolute atomic E-state index is 13.3. The summed E-state index contributed by atoms with van der Waals surface area (Å²) in [6, 6.07) is 4.91. The minimum atomic E-state index is -0.257. The smallest absolute Gasteiger partial charge is 0.132 e. The van der Waals surface area contributed by atoms with Crippen molar-refractivity contribution in [3.05, 3.63) is 34.1 Å². The zero-order chi connectivity index (χ0) is 10.7. The van der Waals surface area contributed by atoms with Crippen molar-refractivity contribution in [2.24, 2.45) is 5.92 Å². The maximum Gasteiger partial charge on any atom is 0.132 e. The molecule has 1 rings (SSSR count). The molecular formula is C11H12BrFO. The van der Waals surface area contributed by atoms with E-state index in [0.29, 0.717) is 16.5 Å². The van der Waals surface area contributed by atoms with Crippen LogP contribution in [0.1, 0.15) is 19.4 Å². The average Bonchev–Trinajstić information content (AvgIpc) is 2.09. The quantitative estimate of drug-likeness (QED) is 0.813. The van der Waals surface area contributed by atoms with Crippen LogP contribution in [-0.2, 0) is 11.2 Å². The van der Waals surface area contributed by atoms with E-state index in [9.17, 15) is 9.18 Å². The lowest BCUT2D eigenvalue weighted by atomic mass is 9.98. The predicted octanol–water partition coefficient (Wildman–Crippen LogP) is 3.36. The topological polar surface area (TPSA) is 17.1 Å². The summed E-state index contributed by atoms with van der Waals surface area (Å²) in [5, 5.41) is 0. The van der Waals surface area contributed by atoms with Gasteiger partial charge in [0.1, 0.15) is 11.6 Å². The van der Waals surface area contributed by atoms with Crippen molar-refractivity contribution in [3.8, 4) is 0 Å². The molecule has 0 spiro atoms. The number of carbonyl (C=O) groups excluding carboxylic acids is 1. The highest BCUT2D eigenvalue weighted by Gasteiger charge is 2.11. The zero-order valence-corrected chi connectivity index (χ0v) is 9.77. The van der Waals surface area contributed by atoms with Crippen LogP contribution in [0.3, 0.4) is 0 Å². The van der Waals surface area contributed by atoms with E-state index in [1.165, 1.54) is 13.0 Å². The highest BCUT2D eigenvalue weighted by atomic mass is 79.9. The second-order valence-electron chi connectivity index (χ2n) is 3.45. The van der Waals surface area contributed by atoms with Crippen LogP contribution in [-0.4, -0.2) is 5.78 Å². The molecule has 0 saturated heterocycles. The predicted molar refractivity (Wildman–Crippen MR) is 57.6 cm³/mol. The number of ketones is 1. The molecule has 0 aliphatic heterocycles. The molecule has 1 atom stereocenters. The highest BCUT2D eigenvalue weighted by Crippen LogP contribution is 2.18. The Morgan fingerprint density at radius 2 is 2.21 bits per heavy atom. The normalized spacial score (nSPS) is 12.6. The van der Waals surface area contributed by atoms with E-state index < -0.39 is 0 Å². The molecule has 1 nitrogen and oxygen atoms in total. The van der Waals surface area contributed by atoms with E-state index in [1.807, 2.05) is 6.92 Å². The van der Waals surface area contributed by atoms with Gasteiger partial charge in [0.05, 0.1) is 0 Å². The number of Topliss-reactive ketones (excluding diaryl/α,β-unsaturated/α-hetero) is 1. The number of halogens is 2. The van der Waals surface area contributed by atoms with Crippen LogP contribution in [0.15, 0.2) is 22.7 Å². The van der Waals surface area contributed by atoms with Crippen molar-refractivity contribution in [1.29, 1.82) is 0 Å². The SMILES string of the molecule is CC(=O)C(C)Cc1ccc(Br)cc1F. The molecule has 1 unspecified atom stereocenters. The van der Waals surface area contributed by atoms with Crippen molar-refractivity contribution in [2.45, 2.75) is 20.3 Å². The largest absolute Gasteiger partial charge is 0.300 e. The average molecular weight is 259 g/mol. The van der Waals surface area contributed by atoms with Gasteiger partial charge in [-0.1, -0.05) is 28.9 Å². The van der Waals surface area contributed by atoms with Crippen LogP contribution in [0.2, 0.25) is 0 Å². The lowest BCUT2D eigenvalue weighted by Crippen LogP contribution is -2.10. The van der Waals surface area contributed by atoms with E-state index in [2.05, 4.69) is 15.9 Å². The molecule has 0 fully saturated rings. The Kier molecular flexibility index (Phi) is 3.81. The van der Waals surface area contributed by atoms with Crippen molar-refractivity contribution < 1.29 is 9.18 Å².